The van der Waals surface area contributed by atoms with Gasteiger partial charge in [-0.2, -0.15) is 0 Å². The van der Waals surface area contributed by atoms with Gasteiger partial charge in [-0.25, -0.2) is 0 Å². The molecule has 7 heteroatoms. The lowest BCUT2D eigenvalue weighted by atomic mass is 10.1. The Morgan fingerprint density at radius 3 is 2.67 bits per heavy atom. The normalized spacial score (nSPS) is 20.4. The molecule has 0 spiro atoms. The number of hydrogen-bond donors (Lipinski definition) is 1. The summed E-state index contributed by atoms with van der Waals surface area (Å²) in [5.41, 5.74) is 0.259. The molecule has 1 saturated heterocycles. The maximum absolute atomic E-state index is 12.2. The van der Waals surface area contributed by atoms with E-state index in [0.717, 1.165) is 0 Å². The van der Waals surface area contributed by atoms with E-state index in [-0.39, 0.29) is 30.4 Å². The van der Waals surface area contributed by atoms with E-state index in [1.165, 1.54) is 18.2 Å². The minimum atomic E-state index is -4.76. The summed E-state index contributed by atoms with van der Waals surface area (Å²) in [4.78, 5) is 10.9. The molecule has 0 saturated carbocycles. The van der Waals surface area contributed by atoms with Crippen LogP contribution >= 0.6 is 0 Å². The second-order valence-corrected chi connectivity index (χ2v) is 3.69. The Kier molecular flexibility index (Phi) is 3.42. The fraction of sp³-hybridized carbons (Fsp3) is 0.364. The van der Waals surface area contributed by atoms with Crippen LogP contribution in [0.2, 0.25) is 0 Å². The maximum Gasteiger partial charge on any atom is 0.573 e. The lowest BCUT2D eigenvalue weighted by Crippen LogP contribution is -2.38. The van der Waals surface area contributed by atoms with Crippen LogP contribution in [0.1, 0.15) is 11.7 Å². The predicted molar refractivity (Wildman–Crippen MR) is 54.8 cm³/mol. The van der Waals surface area contributed by atoms with Gasteiger partial charge in [-0.3, -0.25) is 4.79 Å². The summed E-state index contributed by atoms with van der Waals surface area (Å²) in [7, 11) is 0. The molecule has 0 bridgehead atoms. The average Bonchev–Trinajstić information content (AvgIpc) is 2.29. The van der Waals surface area contributed by atoms with Crippen molar-refractivity contribution < 1.29 is 27.4 Å². The maximum atomic E-state index is 12.2. The van der Waals surface area contributed by atoms with Gasteiger partial charge in [0.25, 0.3) is 0 Å². The number of para-hydroxylation sites is 1. The van der Waals surface area contributed by atoms with Crippen molar-refractivity contribution in [2.75, 3.05) is 13.2 Å². The zero-order valence-corrected chi connectivity index (χ0v) is 9.16. The fourth-order valence-electron chi connectivity index (χ4n) is 1.66. The molecule has 4 nitrogen and oxygen atoms in total. The summed E-state index contributed by atoms with van der Waals surface area (Å²) in [5, 5.41) is 2.52. The number of nitrogens with one attached hydrogen (secondary N) is 1. The Balaban J connectivity index is 2.19. The van der Waals surface area contributed by atoms with E-state index in [1.54, 1.807) is 6.07 Å². The van der Waals surface area contributed by atoms with Crippen LogP contribution in [0.15, 0.2) is 24.3 Å². The van der Waals surface area contributed by atoms with Crippen molar-refractivity contribution >= 4 is 5.91 Å². The third-order valence-electron chi connectivity index (χ3n) is 2.39. The molecule has 0 radical (unpaired) electrons. The SMILES string of the molecule is O=C1CO[C@H](c2ccccc2OC(F)(F)F)CN1. The molecule has 1 N–H and O–H groups in total. The third-order valence-corrected chi connectivity index (χ3v) is 2.39. The average molecular weight is 261 g/mol. The number of halogens is 3. The van der Waals surface area contributed by atoms with Crippen LogP contribution in [0, 0.1) is 0 Å². The Hall–Kier alpha value is -1.76. The Labute approximate surface area is 101 Å². The van der Waals surface area contributed by atoms with Crippen LogP contribution in [0.4, 0.5) is 13.2 Å². The number of alkyl halides is 3. The monoisotopic (exact) mass is 261 g/mol. The van der Waals surface area contributed by atoms with Crippen LogP contribution in [-0.4, -0.2) is 25.4 Å². The van der Waals surface area contributed by atoms with Gasteiger partial charge < -0.3 is 14.8 Å². The van der Waals surface area contributed by atoms with Gasteiger partial charge in [-0.05, 0) is 6.07 Å². The first-order chi connectivity index (χ1) is 8.46. The smallest absolute Gasteiger partial charge is 0.405 e. The number of hydrogen-bond acceptors (Lipinski definition) is 3. The molecule has 1 aliphatic heterocycles. The Morgan fingerprint density at radius 2 is 2.06 bits per heavy atom. The highest BCUT2D eigenvalue weighted by Gasteiger charge is 2.33. The Morgan fingerprint density at radius 1 is 1.33 bits per heavy atom. The molecule has 1 fully saturated rings. The number of amides is 1. The number of carbonyl (C=O) groups is 1. The first-order valence-electron chi connectivity index (χ1n) is 5.19. The van der Waals surface area contributed by atoms with Gasteiger partial charge in [0, 0.05) is 12.1 Å². The number of ether oxygens (including phenoxy) is 2. The van der Waals surface area contributed by atoms with E-state index >= 15 is 0 Å². The summed E-state index contributed by atoms with van der Waals surface area (Å²) in [6.07, 6.45) is -5.39. The van der Waals surface area contributed by atoms with Gasteiger partial charge in [0.2, 0.25) is 5.91 Å². The van der Waals surface area contributed by atoms with Crippen LogP contribution < -0.4 is 10.1 Å². The van der Waals surface area contributed by atoms with Gasteiger partial charge in [0.1, 0.15) is 18.5 Å². The van der Waals surface area contributed by atoms with Gasteiger partial charge in [-0.1, -0.05) is 18.2 Å². The van der Waals surface area contributed by atoms with Gasteiger partial charge in [0.05, 0.1) is 0 Å². The van der Waals surface area contributed by atoms with E-state index in [0.29, 0.717) is 0 Å². The molecule has 98 valence electrons. The second kappa shape index (κ2) is 4.85. The highest BCUT2D eigenvalue weighted by molar-refractivity contribution is 5.77. The quantitative estimate of drug-likeness (QED) is 0.882. The van der Waals surface area contributed by atoms with Crippen LogP contribution in [0.3, 0.4) is 0 Å². The van der Waals surface area contributed by atoms with E-state index < -0.39 is 12.5 Å². The topological polar surface area (TPSA) is 47.6 Å². The standard InChI is InChI=1S/C11H10F3NO3/c12-11(13,14)18-8-4-2-1-3-7(8)9-5-15-10(16)6-17-9/h1-4,9H,5-6H2,(H,15,16)/t9-/m0/s1. The first-order valence-corrected chi connectivity index (χ1v) is 5.19. The molecule has 1 aromatic rings. The van der Waals surface area contributed by atoms with Crippen molar-refractivity contribution in [3.8, 4) is 5.75 Å². The minimum absolute atomic E-state index is 0.122. The highest BCUT2D eigenvalue weighted by Crippen LogP contribution is 2.32. The van der Waals surface area contributed by atoms with E-state index in [4.69, 9.17) is 4.74 Å². The van der Waals surface area contributed by atoms with Crippen LogP contribution in [-0.2, 0) is 9.53 Å². The number of rotatable bonds is 2. The molecule has 1 amide bonds. The lowest BCUT2D eigenvalue weighted by molar-refractivity contribution is -0.275. The third kappa shape index (κ3) is 3.13. The van der Waals surface area contributed by atoms with Gasteiger partial charge in [0.15, 0.2) is 0 Å². The van der Waals surface area contributed by atoms with Crippen LogP contribution in [0.25, 0.3) is 0 Å². The molecule has 1 heterocycles. The summed E-state index contributed by atoms with van der Waals surface area (Å²) >= 11 is 0. The van der Waals surface area contributed by atoms with Gasteiger partial charge >= 0.3 is 6.36 Å². The molecule has 0 unspecified atom stereocenters. The fourth-order valence-corrected chi connectivity index (χ4v) is 1.66. The highest BCUT2D eigenvalue weighted by atomic mass is 19.4. The molecule has 1 aliphatic rings. The molecule has 1 aromatic carbocycles. The molecule has 18 heavy (non-hydrogen) atoms. The predicted octanol–water partition coefficient (Wildman–Crippen LogP) is 1.77. The largest absolute Gasteiger partial charge is 0.573 e. The summed E-state index contributed by atoms with van der Waals surface area (Å²) in [5.74, 6) is -0.605. The first kappa shape index (κ1) is 12.7. The van der Waals surface area contributed by atoms with E-state index in [2.05, 4.69) is 10.1 Å². The number of benzene rings is 1. The molecule has 0 aromatic heterocycles. The summed E-state index contributed by atoms with van der Waals surface area (Å²) < 4.78 is 45.7. The number of morpholine rings is 1. The molecule has 2 rings (SSSR count). The second-order valence-electron chi connectivity index (χ2n) is 3.69. The van der Waals surface area contributed by atoms with E-state index in [1.807, 2.05) is 0 Å². The lowest BCUT2D eigenvalue weighted by Gasteiger charge is -2.25. The zero-order chi connectivity index (χ0) is 13.2. The van der Waals surface area contributed by atoms with Gasteiger partial charge in [-0.15, -0.1) is 13.2 Å². The summed E-state index contributed by atoms with van der Waals surface area (Å²) in [6, 6.07) is 5.70. The van der Waals surface area contributed by atoms with Crippen molar-refractivity contribution in [1.82, 2.24) is 5.32 Å². The molecular weight excluding hydrogens is 251 g/mol. The van der Waals surface area contributed by atoms with Crippen molar-refractivity contribution in [3.63, 3.8) is 0 Å². The van der Waals surface area contributed by atoms with Crippen molar-refractivity contribution in [2.45, 2.75) is 12.5 Å². The molecule has 1 atom stereocenters. The number of carbonyl (C=O) groups excluding carboxylic acids is 1. The Bertz CT molecular complexity index is 437. The van der Waals surface area contributed by atoms with Crippen molar-refractivity contribution in [2.24, 2.45) is 0 Å². The van der Waals surface area contributed by atoms with Crippen molar-refractivity contribution in [3.05, 3.63) is 29.8 Å². The van der Waals surface area contributed by atoms with Crippen LogP contribution in [0.5, 0.6) is 5.75 Å². The minimum Gasteiger partial charge on any atom is -0.405 e. The zero-order valence-electron chi connectivity index (χ0n) is 9.16. The van der Waals surface area contributed by atoms with Crippen molar-refractivity contribution in [1.29, 1.82) is 0 Å². The molecular formula is C11H10F3NO3. The summed E-state index contributed by atoms with van der Waals surface area (Å²) in [6.45, 7) is -0.0535. The molecule has 0 aliphatic carbocycles. The van der Waals surface area contributed by atoms with E-state index in [9.17, 15) is 18.0 Å².